The highest BCUT2D eigenvalue weighted by Crippen LogP contribution is 2.17. The van der Waals surface area contributed by atoms with Crippen LogP contribution in [0.25, 0.3) is 5.69 Å². The lowest BCUT2D eigenvalue weighted by molar-refractivity contribution is 0.112. The molecule has 1 aromatic carbocycles. The van der Waals surface area contributed by atoms with Gasteiger partial charge in [0.25, 0.3) is 5.56 Å². The molecule has 0 aliphatic rings. The minimum absolute atomic E-state index is 0.211. The fourth-order valence-corrected chi connectivity index (χ4v) is 1.69. The van der Waals surface area contributed by atoms with Crippen LogP contribution in [0.4, 0.5) is 5.82 Å². The molecule has 0 saturated heterocycles. The van der Waals surface area contributed by atoms with Crippen molar-refractivity contribution in [1.29, 1.82) is 0 Å². The number of aromatic nitrogens is 2. The zero-order valence-corrected chi connectivity index (χ0v) is 10.0. The van der Waals surface area contributed by atoms with Crippen LogP contribution in [0.15, 0.2) is 33.9 Å². The summed E-state index contributed by atoms with van der Waals surface area (Å²) < 4.78 is 6.07. The summed E-state index contributed by atoms with van der Waals surface area (Å²) in [4.78, 5) is 36.1. The Morgan fingerprint density at radius 2 is 2.11 bits per heavy atom. The molecule has 0 saturated carbocycles. The Balaban J connectivity index is 2.78. The summed E-state index contributed by atoms with van der Waals surface area (Å²) in [5.74, 6) is 0.305. The van der Waals surface area contributed by atoms with E-state index in [0.29, 0.717) is 17.7 Å². The number of carbonyl (C=O) groups is 1. The zero-order valence-electron chi connectivity index (χ0n) is 10.0. The van der Waals surface area contributed by atoms with E-state index in [0.717, 1.165) is 4.57 Å². The average Bonchev–Trinajstić information content (AvgIpc) is 2.39. The summed E-state index contributed by atoms with van der Waals surface area (Å²) in [6.07, 6.45) is 0.310. The molecule has 3 N–H and O–H groups in total. The number of anilines is 1. The Kier molecular flexibility index (Phi) is 3.19. The van der Waals surface area contributed by atoms with Gasteiger partial charge in [0.1, 0.15) is 17.1 Å². The van der Waals surface area contributed by atoms with Crippen LogP contribution in [0.1, 0.15) is 10.4 Å². The van der Waals surface area contributed by atoms with Gasteiger partial charge in [-0.1, -0.05) is 6.07 Å². The first-order valence-corrected chi connectivity index (χ1v) is 5.33. The number of H-pyrrole nitrogens is 1. The Bertz CT molecular complexity index is 745. The first-order chi connectivity index (χ1) is 9.08. The normalized spacial score (nSPS) is 10.2. The molecule has 0 aliphatic carbocycles. The second-order valence-electron chi connectivity index (χ2n) is 3.71. The van der Waals surface area contributed by atoms with Crippen LogP contribution in [0.2, 0.25) is 0 Å². The third kappa shape index (κ3) is 2.13. The first-order valence-electron chi connectivity index (χ1n) is 5.33. The van der Waals surface area contributed by atoms with Crippen molar-refractivity contribution >= 4 is 12.1 Å². The Labute approximate surface area is 107 Å². The fraction of sp³-hybridized carbons (Fsp3) is 0.0833. The number of hydrogen-bond donors (Lipinski definition) is 2. The minimum atomic E-state index is -0.809. The smallest absolute Gasteiger partial charge is 0.334 e. The van der Waals surface area contributed by atoms with Crippen molar-refractivity contribution in [2.24, 2.45) is 0 Å². The highest BCUT2D eigenvalue weighted by atomic mass is 16.5. The predicted octanol–water partition coefficient (Wildman–Crippen LogP) is -0.0709. The van der Waals surface area contributed by atoms with E-state index in [1.165, 1.54) is 7.11 Å². The summed E-state index contributed by atoms with van der Waals surface area (Å²) in [5, 5.41) is 0. The molecule has 0 unspecified atom stereocenters. The van der Waals surface area contributed by atoms with Gasteiger partial charge < -0.3 is 10.5 Å². The number of nitrogens with two attached hydrogens (primary N) is 1. The highest BCUT2D eigenvalue weighted by Gasteiger charge is 2.13. The number of ether oxygens (including phenoxy) is 1. The number of methoxy groups -OCH3 is 1. The number of hydrogen-bond acceptors (Lipinski definition) is 5. The Hall–Kier alpha value is -2.83. The van der Waals surface area contributed by atoms with Crippen molar-refractivity contribution in [2.75, 3.05) is 12.8 Å². The molecule has 0 aliphatic heterocycles. The molecule has 0 radical (unpaired) electrons. The van der Waals surface area contributed by atoms with Gasteiger partial charge in [-0.3, -0.25) is 14.6 Å². The quantitative estimate of drug-likeness (QED) is 0.752. The molecule has 0 atom stereocenters. The fourth-order valence-electron chi connectivity index (χ4n) is 1.69. The van der Waals surface area contributed by atoms with Crippen molar-refractivity contribution in [3.63, 3.8) is 0 Å². The molecule has 0 bridgehead atoms. The number of benzene rings is 1. The third-order valence-electron chi connectivity index (χ3n) is 2.61. The zero-order chi connectivity index (χ0) is 14.0. The second kappa shape index (κ2) is 4.81. The number of aromatic amines is 1. The van der Waals surface area contributed by atoms with Crippen LogP contribution in [0.3, 0.4) is 0 Å². The molecule has 98 valence electrons. The number of nitrogens with zero attached hydrogens (tertiary/aromatic N) is 1. The predicted molar refractivity (Wildman–Crippen MR) is 69.0 cm³/mol. The lowest BCUT2D eigenvalue weighted by atomic mass is 10.2. The van der Waals surface area contributed by atoms with Crippen LogP contribution in [0.5, 0.6) is 5.75 Å². The molecular formula is C12H11N3O4. The monoisotopic (exact) mass is 261 g/mol. The van der Waals surface area contributed by atoms with Crippen LogP contribution in [-0.2, 0) is 0 Å². The maximum absolute atomic E-state index is 11.8. The van der Waals surface area contributed by atoms with Crippen LogP contribution in [0, 0.1) is 0 Å². The van der Waals surface area contributed by atoms with E-state index in [-0.39, 0.29) is 11.4 Å². The molecule has 19 heavy (non-hydrogen) atoms. The molecule has 7 heteroatoms. The third-order valence-corrected chi connectivity index (χ3v) is 2.61. The molecule has 0 spiro atoms. The van der Waals surface area contributed by atoms with Crippen LogP contribution >= 0.6 is 0 Å². The van der Waals surface area contributed by atoms with Gasteiger partial charge in [0.2, 0.25) is 0 Å². The lowest BCUT2D eigenvalue weighted by Gasteiger charge is -2.11. The Morgan fingerprint density at radius 3 is 2.74 bits per heavy atom. The molecule has 0 amide bonds. The number of nitrogens with one attached hydrogen (secondary N) is 1. The van der Waals surface area contributed by atoms with Gasteiger partial charge in [-0.2, -0.15) is 0 Å². The summed E-state index contributed by atoms with van der Waals surface area (Å²) >= 11 is 0. The molecule has 2 aromatic rings. The Morgan fingerprint density at radius 1 is 1.37 bits per heavy atom. The number of carbonyl (C=O) groups excluding carboxylic acids is 1. The van der Waals surface area contributed by atoms with Crippen LogP contribution < -0.4 is 21.7 Å². The van der Waals surface area contributed by atoms with E-state index in [2.05, 4.69) is 0 Å². The number of nitrogen functional groups attached to an aromatic ring is 1. The van der Waals surface area contributed by atoms with Gasteiger partial charge in [-0.15, -0.1) is 0 Å². The summed E-state index contributed by atoms with van der Waals surface area (Å²) in [6, 6.07) is 6.51. The number of aldehydes is 1. The molecule has 2 rings (SSSR count). The van der Waals surface area contributed by atoms with Gasteiger partial charge in [-0.05, 0) is 12.1 Å². The van der Waals surface area contributed by atoms with E-state index in [4.69, 9.17) is 10.5 Å². The van der Waals surface area contributed by atoms with Crippen molar-refractivity contribution < 1.29 is 9.53 Å². The van der Waals surface area contributed by atoms with Gasteiger partial charge in [0, 0.05) is 6.07 Å². The molecule has 1 aromatic heterocycles. The van der Waals surface area contributed by atoms with Crippen molar-refractivity contribution in [1.82, 2.24) is 9.55 Å². The van der Waals surface area contributed by atoms with E-state index in [1.807, 2.05) is 4.98 Å². The van der Waals surface area contributed by atoms with Crippen LogP contribution in [-0.4, -0.2) is 22.9 Å². The maximum atomic E-state index is 11.8. The van der Waals surface area contributed by atoms with Gasteiger partial charge >= 0.3 is 5.69 Å². The molecule has 1 heterocycles. The standard InChI is InChI=1S/C12H11N3O4/c1-19-8-4-2-3-7(5-8)15-10(13)9(6-16)11(17)14-12(15)18/h2-6H,13H2,1H3,(H,14,17,18). The maximum Gasteiger partial charge on any atom is 0.334 e. The first kappa shape index (κ1) is 12.6. The van der Waals surface area contributed by atoms with Gasteiger partial charge in [0.05, 0.1) is 12.8 Å². The summed E-state index contributed by atoms with van der Waals surface area (Å²) in [7, 11) is 1.48. The topological polar surface area (TPSA) is 107 Å². The van der Waals surface area contributed by atoms with E-state index in [1.54, 1.807) is 24.3 Å². The number of rotatable bonds is 3. The van der Waals surface area contributed by atoms with Crippen molar-refractivity contribution in [3.05, 3.63) is 50.7 Å². The van der Waals surface area contributed by atoms with Crippen molar-refractivity contribution in [3.8, 4) is 11.4 Å². The van der Waals surface area contributed by atoms with E-state index in [9.17, 15) is 14.4 Å². The largest absolute Gasteiger partial charge is 0.497 e. The van der Waals surface area contributed by atoms with Crippen molar-refractivity contribution in [2.45, 2.75) is 0 Å². The highest BCUT2D eigenvalue weighted by molar-refractivity contribution is 5.81. The summed E-state index contributed by atoms with van der Waals surface area (Å²) in [5.41, 5.74) is 4.26. The minimum Gasteiger partial charge on any atom is -0.497 e. The van der Waals surface area contributed by atoms with E-state index >= 15 is 0 Å². The van der Waals surface area contributed by atoms with Gasteiger partial charge in [-0.25, -0.2) is 9.36 Å². The SMILES string of the molecule is COc1cccc(-n2c(N)c(C=O)c(=O)[nH]c2=O)c1. The average molecular weight is 261 g/mol. The van der Waals surface area contributed by atoms with Gasteiger partial charge in [0.15, 0.2) is 6.29 Å². The second-order valence-corrected chi connectivity index (χ2v) is 3.71. The lowest BCUT2D eigenvalue weighted by Crippen LogP contribution is -2.33. The molecular weight excluding hydrogens is 250 g/mol. The molecule has 7 nitrogen and oxygen atoms in total. The molecule has 0 fully saturated rings. The van der Waals surface area contributed by atoms with E-state index < -0.39 is 11.2 Å². The summed E-state index contributed by atoms with van der Waals surface area (Å²) in [6.45, 7) is 0.